The second-order valence-electron chi connectivity index (χ2n) is 7.80. The Balaban J connectivity index is 1.42. The fourth-order valence-corrected chi connectivity index (χ4v) is 3.38. The maximum absolute atomic E-state index is 8.89. The molecule has 0 unspecified atom stereocenters. The predicted molar refractivity (Wildman–Crippen MR) is 126 cm³/mol. The van der Waals surface area contributed by atoms with Crippen LogP contribution in [-0.2, 0) is 6.54 Å². The van der Waals surface area contributed by atoms with Gasteiger partial charge in [0.25, 0.3) is 0 Å². The highest BCUT2D eigenvalue weighted by Gasteiger charge is 2.07. The Morgan fingerprint density at radius 1 is 0.818 bits per heavy atom. The van der Waals surface area contributed by atoms with Crippen molar-refractivity contribution < 1.29 is 9.47 Å². The van der Waals surface area contributed by atoms with Crippen LogP contribution in [0.15, 0.2) is 60.9 Å². The predicted octanol–water partition coefficient (Wildman–Crippen LogP) is 4.18. The smallest absolute Gasteiger partial charge is 0.119 e. The lowest BCUT2D eigenvalue weighted by Gasteiger charge is -2.22. The molecule has 3 rings (SSSR count). The van der Waals surface area contributed by atoms with Crippen molar-refractivity contribution >= 4 is 0 Å². The summed E-state index contributed by atoms with van der Waals surface area (Å²) in [6.07, 6.45) is 5.73. The number of rotatable bonds is 13. The normalized spacial score (nSPS) is 10.5. The van der Waals surface area contributed by atoms with Gasteiger partial charge in [0, 0.05) is 25.8 Å². The fourth-order valence-electron chi connectivity index (χ4n) is 3.38. The zero-order valence-electron chi connectivity index (χ0n) is 19.0. The quantitative estimate of drug-likeness (QED) is 0.369. The summed E-state index contributed by atoms with van der Waals surface area (Å²) in [5.41, 5.74) is 2.42. The van der Waals surface area contributed by atoms with Crippen LogP contribution in [0.5, 0.6) is 11.5 Å². The van der Waals surface area contributed by atoms with E-state index in [1.807, 2.05) is 42.1 Å². The average molecular weight is 444 g/mol. The highest BCUT2D eigenvalue weighted by molar-refractivity contribution is 5.35. The van der Waals surface area contributed by atoms with Crippen molar-refractivity contribution in [2.45, 2.75) is 26.3 Å². The second-order valence-corrected chi connectivity index (χ2v) is 7.80. The molecule has 0 amide bonds. The molecule has 3 aromatic rings. The summed E-state index contributed by atoms with van der Waals surface area (Å²) in [6, 6.07) is 18.6. The molecular weight excluding hydrogens is 414 g/mol. The SMILES string of the molecule is Cc1cnn(CCN(CCCOc2ccc(C#N)cc2)CCCOc2ccc(C#N)cc2)c1. The molecule has 0 aliphatic rings. The van der Waals surface area contributed by atoms with Gasteiger partial charge in [0.15, 0.2) is 0 Å². The van der Waals surface area contributed by atoms with E-state index in [4.69, 9.17) is 20.0 Å². The van der Waals surface area contributed by atoms with Gasteiger partial charge in [-0.3, -0.25) is 4.68 Å². The van der Waals surface area contributed by atoms with Crippen molar-refractivity contribution in [1.82, 2.24) is 14.7 Å². The molecule has 0 aliphatic heterocycles. The number of nitriles is 2. The van der Waals surface area contributed by atoms with Gasteiger partial charge in [0.05, 0.1) is 49.2 Å². The standard InChI is InChI=1S/C26H29N5O2/c1-22-20-29-31(21-22)15-14-30(12-2-16-32-25-8-4-23(18-27)5-9-25)13-3-17-33-26-10-6-24(19-28)7-11-26/h4-11,20-21H,2-3,12-17H2,1H3. The van der Waals surface area contributed by atoms with Gasteiger partial charge in [0.2, 0.25) is 0 Å². The summed E-state index contributed by atoms with van der Waals surface area (Å²) < 4.78 is 13.6. The van der Waals surface area contributed by atoms with E-state index in [1.165, 1.54) is 0 Å². The number of benzene rings is 2. The lowest BCUT2D eigenvalue weighted by Crippen LogP contribution is -2.31. The molecule has 0 saturated heterocycles. The minimum absolute atomic E-state index is 0.616. The van der Waals surface area contributed by atoms with Gasteiger partial charge in [-0.15, -0.1) is 0 Å². The van der Waals surface area contributed by atoms with Crippen molar-refractivity contribution in [2.24, 2.45) is 0 Å². The first kappa shape index (κ1) is 23.8. The summed E-state index contributed by atoms with van der Waals surface area (Å²) in [5.74, 6) is 1.56. The maximum Gasteiger partial charge on any atom is 0.119 e. The van der Waals surface area contributed by atoms with Crippen LogP contribution in [0, 0.1) is 29.6 Å². The molecule has 0 saturated carbocycles. The first-order valence-corrected chi connectivity index (χ1v) is 11.1. The van der Waals surface area contributed by atoms with Crippen LogP contribution in [0.2, 0.25) is 0 Å². The molecule has 0 bridgehead atoms. The second kappa shape index (κ2) is 12.9. The molecule has 0 fully saturated rings. The lowest BCUT2D eigenvalue weighted by molar-refractivity contribution is 0.206. The molecule has 0 N–H and O–H groups in total. The highest BCUT2D eigenvalue weighted by atomic mass is 16.5. The third kappa shape index (κ3) is 8.33. The monoisotopic (exact) mass is 443 g/mol. The molecule has 2 aromatic carbocycles. The van der Waals surface area contributed by atoms with Crippen LogP contribution >= 0.6 is 0 Å². The first-order chi connectivity index (χ1) is 16.2. The van der Waals surface area contributed by atoms with E-state index in [-0.39, 0.29) is 0 Å². The number of ether oxygens (including phenoxy) is 2. The molecule has 7 nitrogen and oxygen atoms in total. The average Bonchev–Trinajstić information content (AvgIpc) is 3.28. The Morgan fingerprint density at radius 3 is 1.76 bits per heavy atom. The van der Waals surface area contributed by atoms with Gasteiger partial charge in [-0.05, 0) is 73.9 Å². The van der Waals surface area contributed by atoms with Crippen molar-refractivity contribution in [2.75, 3.05) is 32.8 Å². The molecule has 0 atom stereocenters. The largest absolute Gasteiger partial charge is 0.494 e. The lowest BCUT2D eigenvalue weighted by atomic mass is 10.2. The zero-order valence-corrected chi connectivity index (χ0v) is 19.0. The minimum Gasteiger partial charge on any atom is -0.494 e. The van der Waals surface area contributed by atoms with Gasteiger partial charge in [-0.2, -0.15) is 15.6 Å². The molecule has 7 heteroatoms. The topological polar surface area (TPSA) is 87.1 Å². The van der Waals surface area contributed by atoms with E-state index in [9.17, 15) is 0 Å². The Bertz CT molecular complexity index is 996. The van der Waals surface area contributed by atoms with E-state index in [2.05, 4.69) is 28.3 Å². The van der Waals surface area contributed by atoms with Crippen LogP contribution in [0.25, 0.3) is 0 Å². The fraction of sp³-hybridized carbons (Fsp3) is 0.346. The number of hydrogen-bond donors (Lipinski definition) is 0. The van der Waals surface area contributed by atoms with Crippen LogP contribution in [0.1, 0.15) is 29.5 Å². The van der Waals surface area contributed by atoms with Gasteiger partial charge >= 0.3 is 0 Å². The highest BCUT2D eigenvalue weighted by Crippen LogP contribution is 2.13. The summed E-state index contributed by atoms with van der Waals surface area (Å²) >= 11 is 0. The van der Waals surface area contributed by atoms with Crippen LogP contribution < -0.4 is 9.47 Å². The molecule has 0 aliphatic carbocycles. The van der Waals surface area contributed by atoms with Gasteiger partial charge < -0.3 is 14.4 Å². The summed E-state index contributed by atoms with van der Waals surface area (Å²) in [5, 5.41) is 22.2. The van der Waals surface area contributed by atoms with Crippen molar-refractivity contribution in [1.29, 1.82) is 10.5 Å². The van der Waals surface area contributed by atoms with Crippen molar-refractivity contribution in [3.63, 3.8) is 0 Å². The maximum atomic E-state index is 8.89. The first-order valence-electron chi connectivity index (χ1n) is 11.1. The number of hydrogen-bond acceptors (Lipinski definition) is 6. The summed E-state index contributed by atoms with van der Waals surface area (Å²) in [7, 11) is 0. The van der Waals surface area contributed by atoms with E-state index in [0.717, 1.165) is 56.1 Å². The Labute approximate surface area is 195 Å². The van der Waals surface area contributed by atoms with Gasteiger partial charge in [0.1, 0.15) is 11.5 Å². The molecule has 1 aromatic heterocycles. The molecule has 170 valence electrons. The van der Waals surface area contributed by atoms with Crippen molar-refractivity contribution in [3.8, 4) is 23.6 Å². The van der Waals surface area contributed by atoms with Gasteiger partial charge in [-0.25, -0.2) is 0 Å². The van der Waals surface area contributed by atoms with Crippen molar-refractivity contribution in [3.05, 3.63) is 77.6 Å². The van der Waals surface area contributed by atoms with Crippen LogP contribution in [0.3, 0.4) is 0 Å². The Hall–Kier alpha value is -3.81. The van der Waals surface area contributed by atoms with Crippen LogP contribution in [0.4, 0.5) is 0 Å². The molecule has 1 heterocycles. The Morgan fingerprint density at radius 2 is 1.33 bits per heavy atom. The van der Waals surface area contributed by atoms with E-state index < -0.39 is 0 Å². The minimum atomic E-state index is 0.616. The third-order valence-electron chi connectivity index (χ3n) is 5.15. The van der Waals surface area contributed by atoms with E-state index >= 15 is 0 Å². The third-order valence-corrected chi connectivity index (χ3v) is 5.15. The van der Waals surface area contributed by atoms with Crippen LogP contribution in [-0.4, -0.2) is 47.5 Å². The van der Waals surface area contributed by atoms with Gasteiger partial charge in [-0.1, -0.05) is 0 Å². The number of nitrogens with zero attached hydrogens (tertiary/aromatic N) is 5. The van der Waals surface area contributed by atoms with E-state index in [1.54, 1.807) is 24.3 Å². The Kier molecular flexibility index (Phi) is 9.32. The summed E-state index contributed by atoms with van der Waals surface area (Å²) in [6.45, 7) is 6.83. The molecule has 33 heavy (non-hydrogen) atoms. The molecule has 0 spiro atoms. The molecular formula is C26H29N5O2. The number of aromatic nitrogens is 2. The zero-order chi connectivity index (χ0) is 23.3. The van der Waals surface area contributed by atoms with E-state index in [0.29, 0.717) is 24.3 Å². The number of aryl methyl sites for hydroxylation is 1. The molecule has 0 radical (unpaired) electrons. The summed E-state index contributed by atoms with van der Waals surface area (Å²) in [4.78, 5) is 2.40.